The predicted molar refractivity (Wildman–Crippen MR) is 145 cm³/mol. The van der Waals surface area contributed by atoms with E-state index in [0.717, 1.165) is 30.5 Å². The molecule has 1 fully saturated rings. The highest BCUT2D eigenvalue weighted by molar-refractivity contribution is 5.91. The highest BCUT2D eigenvalue weighted by Crippen LogP contribution is 2.39. The summed E-state index contributed by atoms with van der Waals surface area (Å²) in [7, 11) is 0. The van der Waals surface area contributed by atoms with E-state index in [0.29, 0.717) is 53.4 Å². The zero-order valence-corrected chi connectivity index (χ0v) is 22.6. The standard InChI is InChI=1S/C28H35F3N6O2/c1-5-26(33)39-25-14-24-23(13-22(25)18-6-8-37(9-7-18)17(4)38)27(36-16(3)35-24)34-15(2)19-10-20(28(29,30)31)12-21(32)11-19/h10-15,18,26H,5-9,32-33H2,1-4H3,(H,34,35,36)/t15-,26-/m1/s1. The van der Waals surface area contributed by atoms with E-state index < -0.39 is 24.0 Å². The van der Waals surface area contributed by atoms with Crippen molar-refractivity contribution in [2.45, 2.75) is 71.3 Å². The Morgan fingerprint density at radius 1 is 1.18 bits per heavy atom. The Hall–Kier alpha value is -3.60. The minimum absolute atomic E-state index is 0.0328. The van der Waals surface area contributed by atoms with Gasteiger partial charge in [-0.15, -0.1) is 0 Å². The Kier molecular flexibility index (Phi) is 8.20. The number of carbonyl (C=O) groups excluding carboxylic acids is 1. The summed E-state index contributed by atoms with van der Waals surface area (Å²) in [6.45, 7) is 8.30. The third-order valence-electron chi connectivity index (χ3n) is 7.16. The van der Waals surface area contributed by atoms with Gasteiger partial charge >= 0.3 is 6.18 Å². The van der Waals surface area contributed by atoms with Gasteiger partial charge in [-0.25, -0.2) is 9.97 Å². The van der Waals surface area contributed by atoms with E-state index in [1.807, 2.05) is 24.0 Å². The fourth-order valence-electron chi connectivity index (χ4n) is 4.95. The lowest BCUT2D eigenvalue weighted by Gasteiger charge is -2.32. The van der Waals surface area contributed by atoms with Gasteiger partial charge in [-0.05, 0) is 74.4 Å². The number of piperidine rings is 1. The lowest BCUT2D eigenvalue weighted by atomic mass is 9.88. The fraction of sp³-hybridized carbons (Fsp3) is 0.464. The number of rotatable bonds is 7. The summed E-state index contributed by atoms with van der Waals surface area (Å²) in [5.41, 5.74) is 13.1. The predicted octanol–water partition coefficient (Wildman–Crippen LogP) is 5.51. The maximum absolute atomic E-state index is 13.4. The average Bonchev–Trinajstić information content (AvgIpc) is 2.87. The largest absolute Gasteiger partial charge is 0.475 e. The van der Waals surface area contributed by atoms with E-state index in [-0.39, 0.29) is 17.5 Å². The zero-order chi connectivity index (χ0) is 28.5. The number of aromatic nitrogens is 2. The van der Waals surface area contributed by atoms with Crippen LogP contribution in [0.2, 0.25) is 0 Å². The van der Waals surface area contributed by atoms with Crippen molar-refractivity contribution >= 4 is 28.3 Å². The summed E-state index contributed by atoms with van der Waals surface area (Å²) >= 11 is 0. The van der Waals surface area contributed by atoms with Gasteiger partial charge in [-0.1, -0.05) is 6.92 Å². The van der Waals surface area contributed by atoms with Crippen molar-refractivity contribution < 1.29 is 22.7 Å². The van der Waals surface area contributed by atoms with Crippen molar-refractivity contribution in [3.63, 3.8) is 0 Å². The number of nitrogens with two attached hydrogens (primary N) is 2. The third-order valence-corrected chi connectivity index (χ3v) is 7.16. The first-order valence-electron chi connectivity index (χ1n) is 13.1. The number of nitrogens with one attached hydrogen (secondary N) is 1. The molecule has 210 valence electrons. The van der Waals surface area contributed by atoms with Gasteiger partial charge in [0, 0.05) is 37.2 Å². The number of ether oxygens (including phenoxy) is 1. The molecule has 8 nitrogen and oxygen atoms in total. The normalized spacial score (nSPS) is 16.3. The second-order valence-electron chi connectivity index (χ2n) is 10.1. The molecule has 11 heteroatoms. The van der Waals surface area contributed by atoms with Gasteiger partial charge in [-0.2, -0.15) is 13.2 Å². The maximum Gasteiger partial charge on any atom is 0.416 e. The molecule has 2 atom stereocenters. The van der Waals surface area contributed by atoms with Crippen LogP contribution in [0.3, 0.4) is 0 Å². The molecule has 0 unspecified atom stereocenters. The molecule has 0 spiro atoms. The average molecular weight is 545 g/mol. The number of nitrogens with zero attached hydrogens (tertiary/aromatic N) is 3. The molecule has 39 heavy (non-hydrogen) atoms. The van der Waals surface area contributed by atoms with Gasteiger partial charge in [0.1, 0.15) is 23.6 Å². The number of halogens is 3. The Balaban J connectivity index is 1.75. The van der Waals surface area contributed by atoms with Crippen LogP contribution in [0.5, 0.6) is 5.75 Å². The first kappa shape index (κ1) is 28.4. The van der Waals surface area contributed by atoms with Crippen LogP contribution in [-0.2, 0) is 11.0 Å². The Morgan fingerprint density at radius 3 is 2.49 bits per heavy atom. The zero-order valence-electron chi connectivity index (χ0n) is 22.6. The van der Waals surface area contributed by atoms with Crippen LogP contribution in [0.4, 0.5) is 24.7 Å². The van der Waals surface area contributed by atoms with E-state index in [1.165, 1.54) is 6.07 Å². The topological polar surface area (TPSA) is 119 Å². The number of fused-ring (bicyclic) bond motifs is 1. The molecular formula is C28H35F3N6O2. The highest BCUT2D eigenvalue weighted by Gasteiger charge is 2.32. The molecule has 1 aromatic heterocycles. The van der Waals surface area contributed by atoms with E-state index in [9.17, 15) is 18.0 Å². The number of benzene rings is 2. The molecule has 4 rings (SSSR count). The minimum Gasteiger partial charge on any atom is -0.475 e. The van der Waals surface area contributed by atoms with Crippen LogP contribution in [0, 0.1) is 6.92 Å². The summed E-state index contributed by atoms with van der Waals surface area (Å²) in [6, 6.07) is 6.85. The molecule has 0 aliphatic carbocycles. The number of likely N-dealkylation sites (tertiary alicyclic amines) is 1. The van der Waals surface area contributed by atoms with E-state index in [1.54, 1.807) is 20.8 Å². The van der Waals surface area contributed by atoms with Gasteiger partial charge in [0.2, 0.25) is 5.91 Å². The monoisotopic (exact) mass is 544 g/mol. The molecule has 1 saturated heterocycles. The molecule has 5 N–H and O–H groups in total. The Bertz CT molecular complexity index is 1360. The van der Waals surface area contributed by atoms with Crippen molar-refractivity contribution in [3.8, 4) is 5.75 Å². The molecule has 1 aliphatic heterocycles. The fourth-order valence-corrected chi connectivity index (χ4v) is 4.95. The van der Waals surface area contributed by atoms with Crippen molar-refractivity contribution in [2.24, 2.45) is 5.73 Å². The Labute approximate surface area is 225 Å². The molecule has 1 aliphatic rings. The van der Waals surface area contributed by atoms with Crippen molar-refractivity contribution in [1.29, 1.82) is 0 Å². The lowest BCUT2D eigenvalue weighted by molar-refractivity contribution is -0.137. The summed E-state index contributed by atoms with van der Waals surface area (Å²) in [6.07, 6.45) is -2.86. The number of anilines is 2. The van der Waals surface area contributed by atoms with Gasteiger partial charge in [0.25, 0.3) is 0 Å². The number of alkyl halides is 3. The molecule has 2 heterocycles. The smallest absolute Gasteiger partial charge is 0.416 e. The van der Waals surface area contributed by atoms with E-state index >= 15 is 0 Å². The van der Waals surface area contributed by atoms with E-state index in [4.69, 9.17) is 16.2 Å². The molecule has 0 bridgehead atoms. The van der Waals surface area contributed by atoms with Gasteiger partial charge in [0.15, 0.2) is 0 Å². The Morgan fingerprint density at radius 2 is 1.87 bits per heavy atom. The first-order valence-corrected chi connectivity index (χ1v) is 13.1. The maximum atomic E-state index is 13.4. The molecule has 0 radical (unpaired) electrons. The van der Waals surface area contributed by atoms with Crippen molar-refractivity contribution in [1.82, 2.24) is 14.9 Å². The number of hydrogen-bond acceptors (Lipinski definition) is 7. The van der Waals surface area contributed by atoms with Crippen LogP contribution in [0.25, 0.3) is 10.9 Å². The van der Waals surface area contributed by atoms with Crippen LogP contribution in [-0.4, -0.2) is 40.1 Å². The van der Waals surface area contributed by atoms with Gasteiger partial charge in [-0.3, -0.25) is 10.5 Å². The summed E-state index contributed by atoms with van der Waals surface area (Å²) < 4.78 is 46.3. The van der Waals surface area contributed by atoms with Crippen LogP contribution in [0.15, 0.2) is 30.3 Å². The number of carbonyl (C=O) groups is 1. The van der Waals surface area contributed by atoms with Crippen LogP contribution in [0.1, 0.15) is 74.5 Å². The SMILES string of the molecule is CC[C@H](N)Oc1cc2nc(C)nc(N[C@H](C)c3cc(N)cc(C(F)(F)F)c3)c2cc1C1CCN(C(C)=O)CC1. The van der Waals surface area contributed by atoms with Crippen LogP contribution >= 0.6 is 0 Å². The van der Waals surface area contributed by atoms with E-state index in [2.05, 4.69) is 15.3 Å². The molecule has 0 saturated carbocycles. The number of hydrogen-bond donors (Lipinski definition) is 3. The van der Waals surface area contributed by atoms with Crippen LogP contribution < -0.4 is 21.5 Å². The lowest BCUT2D eigenvalue weighted by Crippen LogP contribution is -2.36. The molecule has 2 aromatic carbocycles. The third kappa shape index (κ3) is 6.52. The number of aryl methyl sites for hydroxylation is 1. The van der Waals surface area contributed by atoms with Crippen molar-refractivity contribution in [3.05, 3.63) is 52.8 Å². The highest BCUT2D eigenvalue weighted by atomic mass is 19.4. The van der Waals surface area contributed by atoms with Gasteiger partial charge < -0.3 is 20.7 Å². The number of amides is 1. The minimum atomic E-state index is -4.51. The second-order valence-corrected chi connectivity index (χ2v) is 10.1. The van der Waals surface area contributed by atoms with Crippen molar-refractivity contribution in [2.75, 3.05) is 24.1 Å². The summed E-state index contributed by atoms with van der Waals surface area (Å²) in [4.78, 5) is 22.9. The number of nitrogen functional groups attached to an aromatic ring is 1. The first-order chi connectivity index (χ1) is 18.3. The quantitative estimate of drug-likeness (QED) is 0.265. The molecule has 3 aromatic rings. The molecular weight excluding hydrogens is 509 g/mol. The van der Waals surface area contributed by atoms with Gasteiger partial charge in [0.05, 0.1) is 17.1 Å². The summed E-state index contributed by atoms with van der Waals surface area (Å²) in [5, 5.41) is 4.00. The summed E-state index contributed by atoms with van der Waals surface area (Å²) in [5.74, 6) is 1.81. The molecule has 1 amide bonds. The second kappa shape index (κ2) is 11.3.